The van der Waals surface area contributed by atoms with Gasteiger partial charge in [-0.05, 0) is 27.7 Å². The normalized spacial score (nSPS) is 5.20. The summed E-state index contributed by atoms with van der Waals surface area (Å²) in [6.45, 7) is 6.11. The van der Waals surface area contributed by atoms with Crippen LogP contribution in [0.3, 0.4) is 0 Å². The summed E-state index contributed by atoms with van der Waals surface area (Å²) in [5.41, 5.74) is 0. The molecule has 0 saturated heterocycles. The van der Waals surface area contributed by atoms with Crippen LogP contribution in [0.25, 0.3) is 0 Å². The molecule has 0 rings (SSSR count). The van der Waals surface area contributed by atoms with Crippen molar-refractivity contribution in [1.82, 2.24) is 0 Å². The largest absolute Gasteiger partial charge is 0.412 e. The van der Waals surface area contributed by atoms with Gasteiger partial charge in [0.25, 0.3) is 0 Å². The lowest BCUT2D eigenvalue weighted by Gasteiger charge is -1.56. The molecule has 0 heterocycles. The van der Waals surface area contributed by atoms with Crippen LogP contribution in [0.4, 0.5) is 0 Å². The Bertz CT molecular complexity index is 71.0. The molecule has 0 atom stereocenters. The van der Waals surface area contributed by atoms with Crippen molar-refractivity contribution in [3.63, 3.8) is 0 Å². The Morgan fingerprint density at radius 3 is 0.800 bits per heavy atom. The van der Waals surface area contributed by atoms with E-state index in [0.29, 0.717) is 0 Å². The van der Waals surface area contributed by atoms with Crippen molar-refractivity contribution in [1.29, 1.82) is 0 Å². The fourth-order valence-corrected chi connectivity index (χ4v) is 0. The van der Waals surface area contributed by atoms with Gasteiger partial charge in [0.15, 0.2) is 0 Å². The van der Waals surface area contributed by atoms with Crippen LogP contribution in [-0.4, -0.2) is 17.0 Å². The lowest BCUT2D eigenvalue weighted by molar-refractivity contribution is -0.115. The molecule has 0 spiro atoms. The third-order valence-electron chi connectivity index (χ3n) is 0. The molecule has 2 N–H and O–H groups in total. The Morgan fingerprint density at radius 1 is 0.800 bits per heavy atom. The van der Waals surface area contributed by atoms with Gasteiger partial charge in [0, 0.05) is 0 Å². The SMILES string of the molecule is CC(C)=O.CC(C)=O.Cl.O. The highest BCUT2D eigenvalue weighted by Crippen LogP contribution is 1.50. The van der Waals surface area contributed by atoms with E-state index >= 15 is 0 Å². The predicted molar refractivity (Wildman–Crippen MR) is 43.6 cm³/mol. The molecule has 0 aromatic heterocycles. The highest BCUT2D eigenvalue weighted by Gasteiger charge is 1.62. The number of Topliss-reactive ketones (excluding diaryl/α,β-unsaturated/α-hetero) is 2. The number of halogens is 1. The number of carbonyl (C=O) groups is 2. The van der Waals surface area contributed by atoms with E-state index in [1.54, 1.807) is 0 Å². The molecule has 0 unspecified atom stereocenters. The molecule has 64 valence electrons. The third kappa shape index (κ3) is 1960. The minimum Gasteiger partial charge on any atom is -0.412 e. The van der Waals surface area contributed by atoms with Crippen molar-refractivity contribution < 1.29 is 15.1 Å². The first-order valence-electron chi connectivity index (χ1n) is 2.41. The molecular formula is C6H15ClO3. The van der Waals surface area contributed by atoms with Gasteiger partial charge in [-0.15, -0.1) is 12.4 Å². The lowest BCUT2D eigenvalue weighted by atomic mass is 10.6. The van der Waals surface area contributed by atoms with Gasteiger partial charge in [0.2, 0.25) is 0 Å². The summed E-state index contributed by atoms with van der Waals surface area (Å²) in [4.78, 5) is 18.9. The standard InChI is InChI=1S/2C3H6O.ClH.H2O/c2*1-3(2)4;;/h2*1-2H3;1H;1H2. The molecule has 0 aliphatic heterocycles. The zero-order valence-electron chi connectivity index (χ0n) is 6.72. The Balaban J connectivity index is -0.0000000300. The van der Waals surface area contributed by atoms with Gasteiger partial charge in [0.05, 0.1) is 0 Å². The Hall–Kier alpha value is -0.410. The monoisotopic (exact) mass is 170 g/mol. The summed E-state index contributed by atoms with van der Waals surface area (Å²) < 4.78 is 0. The van der Waals surface area contributed by atoms with E-state index in [-0.39, 0.29) is 29.4 Å². The molecule has 10 heavy (non-hydrogen) atoms. The molecule has 0 aliphatic rings. The molecule has 0 aromatic carbocycles. The van der Waals surface area contributed by atoms with Gasteiger partial charge < -0.3 is 15.1 Å². The van der Waals surface area contributed by atoms with E-state index in [1.165, 1.54) is 27.7 Å². The molecule has 0 aliphatic carbocycles. The summed E-state index contributed by atoms with van der Waals surface area (Å²) in [6.07, 6.45) is 0. The maximum Gasteiger partial charge on any atom is 0.126 e. The second-order valence-corrected chi connectivity index (χ2v) is 1.82. The first-order chi connectivity index (χ1) is 3.46. The average molecular weight is 171 g/mol. The summed E-state index contributed by atoms with van der Waals surface area (Å²) in [6, 6.07) is 0. The maximum atomic E-state index is 9.44. The van der Waals surface area contributed by atoms with Crippen LogP contribution in [0.1, 0.15) is 27.7 Å². The van der Waals surface area contributed by atoms with Crippen molar-refractivity contribution >= 4 is 24.0 Å². The van der Waals surface area contributed by atoms with E-state index in [9.17, 15) is 9.59 Å². The van der Waals surface area contributed by atoms with Crippen LogP contribution >= 0.6 is 12.4 Å². The van der Waals surface area contributed by atoms with Crippen LogP contribution in [0.15, 0.2) is 0 Å². The van der Waals surface area contributed by atoms with E-state index in [4.69, 9.17) is 0 Å². The zero-order chi connectivity index (χ0) is 7.15. The molecule has 3 nitrogen and oxygen atoms in total. The van der Waals surface area contributed by atoms with Gasteiger partial charge in [0.1, 0.15) is 11.6 Å². The van der Waals surface area contributed by atoms with Crippen LogP contribution in [0, 0.1) is 0 Å². The Morgan fingerprint density at radius 2 is 0.800 bits per heavy atom. The highest BCUT2D eigenvalue weighted by atomic mass is 35.5. The van der Waals surface area contributed by atoms with Crippen molar-refractivity contribution in [2.75, 3.05) is 0 Å². The molecule has 0 amide bonds. The number of rotatable bonds is 0. The minimum absolute atomic E-state index is 0. The van der Waals surface area contributed by atoms with E-state index in [2.05, 4.69) is 0 Å². The minimum atomic E-state index is 0. The summed E-state index contributed by atoms with van der Waals surface area (Å²) in [5.74, 6) is 0.333. The van der Waals surface area contributed by atoms with Crippen molar-refractivity contribution in [3.8, 4) is 0 Å². The van der Waals surface area contributed by atoms with Crippen LogP contribution < -0.4 is 0 Å². The zero-order valence-corrected chi connectivity index (χ0v) is 7.54. The van der Waals surface area contributed by atoms with Crippen molar-refractivity contribution in [3.05, 3.63) is 0 Å². The second-order valence-electron chi connectivity index (χ2n) is 1.82. The molecule has 4 heteroatoms. The summed E-state index contributed by atoms with van der Waals surface area (Å²) >= 11 is 0. The molecule has 0 aromatic rings. The fraction of sp³-hybridized carbons (Fsp3) is 0.667. The topological polar surface area (TPSA) is 65.6 Å². The predicted octanol–water partition coefficient (Wildman–Crippen LogP) is 0.788. The first kappa shape index (κ1) is 22.6. The Kier molecular flexibility index (Phi) is 35.9. The van der Waals surface area contributed by atoms with Crippen LogP contribution in [-0.2, 0) is 9.59 Å². The molecule has 0 radical (unpaired) electrons. The van der Waals surface area contributed by atoms with Gasteiger partial charge in [-0.3, -0.25) is 0 Å². The van der Waals surface area contributed by atoms with Gasteiger partial charge in [-0.1, -0.05) is 0 Å². The number of carbonyl (C=O) groups excluding carboxylic acids is 2. The molecule has 0 fully saturated rings. The molecule has 0 saturated carbocycles. The quantitative estimate of drug-likeness (QED) is 0.540. The van der Waals surface area contributed by atoms with E-state index < -0.39 is 0 Å². The third-order valence-corrected chi connectivity index (χ3v) is 0. The maximum absolute atomic E-state index is 9.44. The number of hydrogen-bond acceptors (Lipinski definition) is 2. The smallest absolute Gasteiger partial charge is 0.126 e. The summed E-state index contributed by atoms with van der Waals surface area (Å²) in [7, 11) is 0. The number of hydrogen-bond donors (Lipinski definition) is 0. The van der Waals surface area contributed by atoms with Crippen LogP contribution in [0.2, 0.25) is 0 Å². The summed E-state index contributed by atoms with van der Waals surface area (Å²) in [5, 5.41) is 0. The first-order valence-corrected chi connectivity index (χ1v) is 2.41. The lowest BCUT2D eigenvalue weighted by Crippen LogP contribution is -1.69. The van der Waals surface area contributed by atoms with Gasteiger partial charge >= 0.3 is 0 Å². The van der Waals surface area contributed by atoms with Crippen LogP contribution in [0.5, 0.6) is 0 Å². The molecule has 0 bridgehead atoms. The molecular weight excluding hydrogens is 156 g/mol. The Labute approximate surface area is 67.5 Å². The highest BCUT2D eigenvalue weighted by molar-refractivity contribution is 5.85. The fourth-order valence-electron chi connectivity index (χ4n) is 0. The van der Waals surface area contributed by atoms with Gasteiger partial charge in [-0.25, -0.2) is 0 Å². The van der Waals surface area contributed by atoms with Crippen molar-refractivity contribution in [2.24, 2.45) is 0 Å². The second kappa shape index (κ2) is 15.8. The van der Waals surface area contributed by atoms with Crippen molar-refractivity contribution in [2.45, 2.75) is 27.7 Å². The van der Waals surface area contributed by atoms with E-state index in [0.717, 1.165) is 0 Å². The van der Waals surface area contributed by atoms with E-state index in [1.807, 2.05) is 0 Å². The number of ketones is 2. The average Bonchev–Trinajstić information content (AvgIpc) is 1.25. The van der Waals surface area contributed by atoms with Gasteiger partial charge in [-0.2, -0.15) is 0 Å².